The summed E-state index contributed by atoms with van der Waals surface area (Å²) >= 11 is 0. The number of carbonyl (C=O) groups excluding carboxylic acids is 1. The third-order valence-corrected chi connectivity index (χ3v) is 4.73. The summed E-state index contributed by atoms with van der Waals surface area (Å²) < 4.78 is 1.92. The average Bonchev–Trinajstić information content (AvgIpc) is 3.09. The van der Waals surface area contributed by atoms with Gasteiger partial charge in [0.1, 0.15) is 0 Å². The molecular formula is C22H26N4O. The lowest BCUT2D eigenvalue weighted by atomic mass is 10.0. The van der Waals surface area contributed by atoms with Crippen molar-refractivity contribution in [2.75, 3.05) is 0 Å². The number of carbonyl (C=O) groups is 1. The van der Waals surface area contributed by atoms with Gasteiger partial charge in [-0.15, -0.1) is 0 Å². The maximum absolute atomic E-state index is 12.3. The van der Waals surface area contributed by atoms with Crippen molar-refractivity contribution in [3.8, 4) is 11.3 Å². The Morgan fingerprint density at radius 3 is 2.33 bits per heavy atom. The van der Waals surface area contributed by atoms with Crippen molar-refractivity contribution in [2.24, 2.45) is 11.7 Å². The summed E-state index contributed by atoms with van der Waals surface area (Å²) in [7, 11) is 0. The summed E-state index contributed by atoms with van der Waals surface area (Å²) in [6.45, 7) is 4.80. The van der Waals surface area contributed by atoms with Gasteiger partial charge in [0.2, 0.25) is 5.91 Å². The number of nitrogens with zero attached hydrogens (tertiary/aromatic N) is 2. The van der Waals surface area contributed by atoms with Crippen molar-refractivity contribution in [3.63, 3.8) is 0 Å². The SMILES string of the molecule is CC(N)C(C)C(=O)NCc1cn(Cc2ccccc2)nc1-c1ccccc1. The molecule has 5 nitrogen and oxygen atoms in total. The first kappa shape index (κ1) is 18.9. The van der Waals surface area contributed by atoms with Crippen molar-refractivity contribution in [1.82, 2.24) is 15.1 Å². The smallest absolute Gasteiger partial charge is 0.224 e. The summed E-state index contributed by atoms with van der Waals surface area (Å²) in [5.41, 5.74) is 9.93. The molecule has 0 spiro atoms. The van der Waals surface area contributed by atoms with Crippen LogP contribution in [0.3, 0.4) is 0 Å². The van der Waals surface area contributed by atoms with Crippen LogP contribution < -0.4 is 11.1 Å². The topological polar surface area (TPSA) is 72.9 Å². The fourth-order valence-corrected chi connectivity index (χ4v) is 2.86. The first-order valence-corrected chi connectivity index (χ1v) is 9.23. The van der Waals surface area contributed by atoms with E-state index in [-0.39, 0.29) is 17.9 Å². The Balaban J connectivity index is 1.83. The molecule has 3 N–H and O–H groups in total. The number of hydrogen-bond acceptors (Lipinski definition) is 3. The van der Waals surface area contributed by atoms with E-state index in [2.05, 4.69) is 17.4 Å². The molecule has 5 heteroatoms. The van der Waals surface area contributed by atoms with Crippen molar-refractivity contribution < 1.29 is 4.79 Å². The van der Waals surface area contributed by atoms with Crippen LogP contribution in [0.1, 0.15) is 25.0 Å². The molecule has 3 aromatic rings. The van der Waals surface area contributed by atoms with Gasteiger partial charge >= 0.3 is 0 Å². The Morgan fingerprint density at radius 2 is 1.70 bits per heavy atom. The van der Waals surface area contributed by atoms with Crippen LogP contribution in [0.25, 0.3) is 11.3 Å². The minimum absolute atomic E-state index is 0.0418. The predicted molar refractivity (Wildman–Crippen MR) is 108 cm³/mol. The number of aromatic nitrogens is 2. The molecule has 140 valence electrons. The molecule has 1 amide bonds. The van der Waals surface area contributed by atoms with Gasteiger partial charge in [0, 0.05) is 35.8 Å². The van der Waals surface area contributed by atoms with Crippen LogP contribution >= 0.6 is 0 Å². The van der Waals surface area contributed by atoms with Crippen LogP contribution in [-0.4, -0.2) is 21.7 Å². The van der Waals surface area contributed by atoms with Crippen molar-refractivity contribution in [2.45, 2.75) is 33.0 Å². The zero-order valence-corrected chi connectivity index (χ0v) is 15.8. The molecule has 1 aromatic heterocycles. The minimum atomic E-state index is -0.232. The van der Waals surface area contributed by atoms with Gasteiger partial charge < -0.3 is 11.1 Å². The van der Waals surface area contributed by atoms with Gasteiger partial charge in [-0.1, -0.05) is 67.6 Å². The van der Waals surface area contributed by atoms with E-state index in [0.717, 1.165) is 16.8 Å². The van der Waals surface area contributed by atoms with Crippen LogP contribution in [-0.2, 0) is 17.9 Å². The van der Waals surface area contributed by atoms with E-state index in [0.29, 0.717) is 13.1 Å². The predicted octanol–water partition coefficient (Wildman–Crippen LogP) is 3.20. The maximum atomic E-state index is 12.3. The number of nitrogens with two attached hydrogens (primary N) is 1. The van der Waals surface area contributed by atoms with Gasteiger partial charge in [-0.2, -0.15) is 5.10 Å². The highest BCUT2D eigenvalue weighted by Crippen LogP contribution is 2.22. The summed E-state index contributed by atoms with van der Waals surface area (Å²) in [5.74, 6) is -0.274. The van der Waals surface area contributed by atoms with Gasteiger partial charge in [0.05, 0.1) is 12.2 Å². The normalized spacial score (nSPS) is 13.1. The molecular weight excluding hydrogens is 336 g/mol. The van der Waals surface area contributed by atoms with Crippen molar-refractivity contribution in [1.29, 1.82) is 0 Å². The molecule has 3 rings (SSSR count). The van der Waals surface area contributed by atoms with Gasteiger partial charge in [0.15, 0.2) is 0 Å². The Morgan fingerprint density at radius 1 is 1.07 bits per heavy atom. The van der Waals surface area contributed by atoms with Gasteiger partial charge in [-0.25, -0.2) is 0 Å². The molecule has 1 heterocycles. The Labute approximate surface area is 160 Å². The highest BCUT2D eigenvalue weighted by Gasteiger charge is 2.18. The van der Waals surface area contributed by atoms with Crippen LogP contribution in [0.2, 0.25) is 0 Å². The fraction of sp³-hybridized carbons (Fsp3) is 0.273. The molecule has 2 unspecified atom stereocenters. The monoisotopic (exact) mass is 362 g/mol. The van der Waals surface area contributed by atoms with Crippen molar-refractivity contribution in [3.05, 3.63) is 78.0 Å². The molecule has 0 bridgehead atoms. The second-order valence-electron chi connectivity index (χ2n) is 6.92. The minimum Gasteiger partial charge on any atom is -0.352 e. The quantitative estimate of drug-likeness (QED) is 0.678. The van der Waals surface area contributed by atoms with E-state index in [4.69, 9.17) is 10.8 Å². The number of amides is 1. The maximum Gasteiger partial charge on any atom is 0.224 e. The van der Waals surface area contributed by atoms with Crippen LogP contribution in [0, 0.1) is 5.92 Å². The summed E-state index contributed by atoms with van der Waals surface area (Å²) in [6.07, 6.45) is 2.01. The lowest BCUT2D eigenvalue weighted by Gasteiger charge is -2.15. The van der Waals surface area contributed by atoms with E-state index < -0.39 is 0 Å². The fourth-order valence-electron chi connectivity index (χ4n) is 2.86. The first-order valence-electron chi connectivity index (χ1n) is 9.23. The molecule has 0 aliphatic rings. The molecule has 0 saturated carbocycles. The van der Waals surface area contributed by atoms with Crippen LogP contribution in [0.5, 0.6) is 0 Å². The number of hydrogen-bond donors (Lipinski definition) is 2. The second-order valence-corrected chi connectivity index (χ2v) is 6.92. The van der Waals surface area contributed by atoms with Crippen LogP contribution in [0.15, 0.2) is 66.9 Å². The zero-order valence-electron chi connectivity index (χ0n) is 15.8. The summed E-state index contributed by atoms with van der Waals surface area (Å²) in [6, 6.07) is 20.1. The Hall–Kier alpha value is -2.92. The number of rotatable bonds is 7. The highest BCUT2D eigenvalue weighted by molar-refractivity contribution is 5.79. The molecule has 0 radical (unpaired) electrons. The van der Waals surface area contributed by atoms with Gasteiger partial charge in [-0.3, -0.25) is 9.48 Å². The van der Waals surface area contributed by atoms with Crippen LogP contribution in [0.4, 0.5) is 0 Å². The molecule has 0 aliphatic carbocycles. The second kappa shape index (κ2) is 8.64. The largest absolute Gasteiger partial charge is 0.352 e. The lowest BCUT2D eigenvalue weighted by molar-refractivity contribution is -0.125. The number of nitrogens with one attached hydrogen (secondary N) is 1. The molecule has 0 saturated heterocycles. The lowest BCUT2D eigenvalue weighted by Crippen LogP contribution is -2.38. The molecule has 2 aromatic carbocycles. The number of benzene rings is 2. The molecule has 27 heavy (non-hydrogen) atoms. The van der Waals surface area contributed by atoms with E-state index in [1.165, 1.54) is 5.56 Å². The van der Waals surface area contributed by atoms with E-state index >= 15 is 0 Å². The Kier molecular flexibility index (Phi) is 6.04. The van der Waals surface area contributed by atoms with E-state index in [1.54, 1.807) is 0 Å². The van der Waals surface area contributed by atoms with Gasteiger partial charge in [0.25, 0.3) is 0 Å². The molecule has 2 atom stereocenters. The third kappa shape index (κ3) is 4.83. The Bertz CT molecular complexity index is 872. The van der Waals surface area contributed by atoms with E-state index in [1.807, 2.05) is 73.3 Å². The molecule has 0 fully saturated rings. The summed E-state index contributed by atoms with van der Waals surface area (Å²) in [4.78, 5) is 12.3. The average molecular weight is 362 g/mol. The highest BCUT2D eigenvalue weighted by atomic mass is 16.1. The first-order chi connectivity index (χ1) is 13.0. The third-order valence-electron chi connectivity index (χ3n) is 4.73. The standard InChI is InChI=1S/C22H26N4O/c1-16(17(2)23)22(27)24-13-20-15-26(14-18-9-5-3-6-10-18)25-21(20)19-11-7-4-8-12-19/h3-12,15-17H,13-14,23H2,1-2H3,(H,24,27). The molecule has 0 aliphatic heterocycles. The zero-order chi connectivity index (χ0) is 19.2. The van der Waals surface area contributed by atoms with Gasteiger partial charge in [-0.05, 0) is 12.5 Å². The van der Waals surface area contributed by atoms with E-state index in [9.17, 15) is 4.79 Å². The summed E-state index contributed by atoms with van der Waals surface area (Å²) in [5, 5.41) is 7.77. The van der Waals surface area contributed by atoms with Crippen molar-refractivity contribution >= 4 is 5.91 Å².